The molecule has 0 saturated carbocycles. The summed E-state index contributed by atoms with van der Waals surface area (Å²) in [6.07, 6.45) is 0. The number of nitrogens with zero attached hydrogens (tertiary/aromatic N) is 2. The summed E-state index contributed by atoms with van der Waals surface area (Å²) in [4.78, 5) is 23.4. The molecule has 26 heavy (non-hydrogen) atoms. The van der Waals surface area contributed by atoms with Crippen molar-refractivity contribution in [1.29, 1.82) is 0 Å². The molecule has 0 unspecified atom stereocenters. The van der Waals surface area contributed by atoms with Crippen molar-refractivity contribution in [2.45, 2.75) is 6.92 Å². The third-order valence-electron chi connectivity index (χ3n) is 3.56. The number of Topliss-reactive ketones (excluding diaryl/α,β-unsaturated/α-hetero) is 1. The molecule has 7 heteroatoms. The van der Waals surface area contributed by atoms with E-state index < -0.39 is 0 Å². The fraction of sp³-hybridized carbons (Fsp3) is 0.0526. The maximum Gasteiger partial charge on any atom is 0.276 e. The van der Waals surface area contributed by atoms with Crippen LogP contribution in [0.25, 0.3) is 0 Å². The van der Waals surface area contributed by atoms with Crippen molar-refractivity contribution >= 4 is 40.5 Å². The monoisotopic (exact) mass is 366 g/mol. The highest BCUT2D eigenvalue weighted by Gasteiger charge is 2.09. The summed E-state index contributed by atoms with van der Waals surface area (Å²) in [7, 11) is 0. The van der Waals surface area contributed by atoms with Gasteiger partial charge in [-0.3, -0.25) is 9.59 Å². The first-order valence-electron chi connectivity index (χ1n) is 7.80. The Morgan fingerprint density at radius 3 is 2.08 bits per heavy atom. The second-order valence-corrected chi connectivity index (χ2v) is 5.96. The fourth-order valence-electron chi connectivity index (χ4n) is 2.18. The molecule has 3 aromatic rings. The number of halogens is 1. The van der Waals surface area contributed by atoms with Gasteiger partial charge in [0.2, 0.25) is 0 Å². The number of hydrogen-bond acceptors (Lipinski definition) is 5. The number of anilines is 3. The lowest BCUT2D eigenvalue weighted by Gasteiger charge is -2.07. The Morgan fingerprint density at radius 2 is 1.50 bits per heavy atom. The van der Waals surface area contributed by atoms with E-state index in [1.807, 2.05) is 0 Å². The molecule has 6 nitrogen and oxygen atoms in total. The number of aromatic nitrogens is 2. The second kappa shape index (κ2) is 7.76. The Labute approximate surface area is 155 Å². The average molecular weight is 367 g/mol. The molecule has 0 radical (unpaired) electrons. The van der Waals surface area contributed by atoms with E-state index in [0.717, 1.165) is 5.69 Å². The number of nitrogens with one attached hydrogen (secondary N) is 2. The number of ketones is 1. The molecule has 2 N–H and O–H groups in total. The maximum atomic E-state index is 12.2. The van der Waals surface area contributed by atoms with Crippen molar-refractivity contribution in [3.63, 3.8) is 0 Å². The third kappa shape index (κ3) is 4.43. The number of carbonyl (C=O) groups is 2. The van der Waals surface area contributed by atoms with E-state index in [9.17, 15) is 9.59 Å². The van der Waals surface area contributed by atoms with E-state index in [1.165, 1.54) is 6.92 Å². The Morgan fingerprint density at radius 1 is 0.846 bits per heavy atom. The summed E-state index contributed by atoms with van der Waals surface area (Å²) in [5.74, 6) is 0.133. The van der Waals surface area contributed by atoms with E-state index in [0.29, 0.717) is 22.1 Å². The fourth-order valence-corrected chi connectivity index (χ4v) is 2.31. The second-order valence-electron chi connectivity index (χ2n) is 5.52. The molecule has 0 aliphatic heterocycles. The minimum Gasteiger partial charge on any atom is -0.339 e. The first-order chi connectivity index (χ1) is 12.5. The minimum atomic E-state index is -0.364. The number of benzene rings is 2. The number of hydrogen-bond donors (Lipinski definition) is 2. The Bertz CT molecular complexity index is 923. The van der Waals surface area contributed by atoms with E-state index in [4.69, 9.17) is 11.6 Å². The molecule has 0 aliphatic rings. The van der Waals surface area contributed by atoms with Crippen LogP contribution in [0.3, 0.4) is 0 Å². The molecule has 2 aromatic carbocycles. The van der Waals surface area contributed by atoms with Crippen LogP contribution in [0.1, 0.15) is 27.8 Å². The Kier molecular flexibility index (Phi) is 5.24. The zero-order chi connectivity index (χ0) is 18.5. The lowest BCUT2D eigenvalue weighted by Crippen LogP contribution is -2.14. The smallest absolute Gasteiger partial charge is 0.276 e. The van der Waals surface area contributed by atoms with Gasteiger partial charge in [-0.15, -0.1) is 10.2 Å². The van der Waals surface area contributed by atoms with Gasteiger partial charge in [0.05, 0.1) is 0 Å². The average Bonchev–Trinajstić information content (AvgIpc) is 2.64. The van der Waals surface area contributed by atoms with Crippen molar-refractivity contribution in [3.05, 3.63) is 76.9 Å². The number of carbonyl (C=O) groups excluding carboxylic acids is 2. The molecule has 0 saturated heterocycles. The normalized spacial score (nSPS) is 10.2. The Balaban J connectivity index is 1.64. The predicted molar refractivity (Wildman–Crippen MR) is 101 cm³/mol. The van der Waals surface area contributed by atoms with Crippen LogP contribution in [0.5, 0.6) is 0 Å². The van der Waals surface area contributed by atoms with Crippen LogP contribution in [-0.4, -0.2) is 21.9 Å². The largest absolute Gasteiger partial charge is 0.339 e. The summed E-state index contributed by atoms with van der Waals surface area (Å²) in [6, 6.07) is 17.0. The Hall–Kier alpha value is -3.25. The van der Waals surface area contributed by atoms with Crippen LogP contribution >= 0.6 is 11.6 Å². The number of rotatable bonds is 5. The molecule has 1 aromatic heterocycles. The zero-order valence-electron chi connectivity index (χ0n) is 13.9. The van der Waals surface area contributed by atoms with Crippen LogP contribution in [0.15, 0.2) is 60.7 Å². The van der Waals surface area contributed by atoms with Gasteiger partial charge < -0.3 is 10.6 Å². The van der Waals surface area contributed by atoms with Crippen molar-refractivity contribution in [2.75, 3.05) is 10.6 Å². The summed E-state index contributed by atoms with van der Waals surface area (Å²) in [6.45, 7) is 1.52. The van der Waals surface area contributed by atoms with Crippen molar-refractivity contribution in [2.24, 2.45) is 0 Å². The standard InChI is InChI=1S/C19H15ClN4O2/c1-12(25)13-2-6-15(7-3-13)21-18-11-10-17(23-24-18)19(26)22-16-8-4-14(20)5-9-16/h2-11H,1H3,(H,21,24)(H,22,26). The van der Waals surface area contributed by atoms with Gasteiger partial charge in [-0.2, -0.15) is 0 Å². The molecule has 0 aliphatic carbocycles. The number of amides is 1. The topological polar surface area (TPSA) is 84.0 Å². The minimum absolute atomic E-state index is 0.00685. The quantitative estimate of drug-likeness (QED) is 0.656. The molecular formula is C19H15ClN4O2. The zero-order valence-corrected chi connectivity index (χ0v) is 14.6. The first kappa shape index (κ1) is 17.6. The maximum absolute atomic E-state index is 12.2. The predicted octanol–water partition coefficient (Wildman–Crippen LogP) is 4.33. The van der Waals surface area contributed by atoms with Crippen LogP contribution in [0.2, 0.25) is 5.02 Å². The van der Waals surface area contributed by atoms with Crippen LogP contribution in [-0.2, 0) is 0 Å². The van der Waals surface area contributed by atoms with Crippen molar-refractivity contribution in [3.8, 4) is 0 Å². The van der Waals surface area contributed by atoms with Crippen molar-refractivity contribution < 1.29 is 9.59 Å². The van der Waals surface area contributed by atoms with Gasteiger partial charge >= 0.3 is 0 Å². The van der Waals surface area contributed by atoms with E-state index >= 15 is 0 Å². The molecular weight excluding hydrogens is 352 g/mol. The van der Waals surface area contributed by atoms with Crippen LogP contribution in [0.4, 0.5) is 17.2 Å². The van der Waals surface area contributed by atoms with Crippen molar-refractivity contribution in [1.82, 2.24) is 10.2 Å². The van der Waals surface area contributed by atoms with Gasteiger partial charge in [0.1, 0.15) is 0 Å². The van der Waals surface area contributed by atoms with Crippen LogP contribution in [0, 0.1) is 0 Å². The highest BCUT2D eigenvalue weighted by atomic mass is 35.5. The summed E-state index contributed by atoms with van der Waals surface area (Å²) in [5.41, 5.74) is 2.21. The molecule has 1 heterocycles. The van der Waals surface area contributed by atoms with Gasteiger partial charge in [0, 0.05) is 22.0 Å². The molecule has 0 bridgehead atoms. The summed E-state index contributed by atoms with van der Waals surface area (Å²) >= 11 is 5.81. The van der Waals surface area contributed by atoms with Gasteiger partial charge in [-0.05, 0) is 67.6 Å². The molecule has 0 atom stereocenters. The summed E-state index contributed by atoms with van der Waals surface area (Å²) < 4.78 is 0. The third-order valence-corrected chi connectivity index (χ3v) is 3.82. The molecule has 0 fully saturated rings. The van der Waals surface area contributed by atoms with E-state index in [1.54, 1.807) is 60.7 Å². The lowest BCUT2D eigenvalue weighted by molar-refractivity contribution is 0.101. The molecule has 1 amide bonds. The van der Waals surface area contributed by atoms with E-state index in [-0.39, 0.29) is 17.4 Å². The highest BCUT2D eigenvalue weighted by Crippen LogP contribution is 2.16. The molecule has 0 spiro atoms. The highest BCUT2D eigenvalue weighted by molar-refractivity contribution is 6.30. The molecule has 3 rings (SSSR count). The first-order valence-corrected chi connectivity index (χ1v) is 8.18. The molecule has 130 valence electrons. The summed E-state index contributed by atoms with van der Waals surface area (Å²) in [5, 5.41) is 14.3. The van der Waals surface area contributed by atoms with Gasteiger partial charge in [0.25, 0.3) is 5.91 Å². The van der Waals surface area contributed by atoms with E-state index in [2.05, 4.69) is 20.8 Å². The van der Waals surface area contributed by atoms with Gasteiger partial charge in [-0.1, -0.05) is 11.6 Å². The van der Waals surface area contributed by atoms with Gasteiger partial charge in [0.15, 0.2) is 17.3 Å². The van der Waals surface area contributed by atoms with Gasteiger partial charge in [-0.25, -0.2) is 0 Å². The lowest BCUT2D eigenvalue weighted by atomic mass is 10.1. The SMILES string of the molecule is CC(=O)c1ccc(Nc2ccc(C(=O)Nc3ccc(Cl)cc3)nn2)cc1. The van der Waals surface area contributed by atoms with Crippen LogP contribution < -0.4 is 10.6 Å².